The SMILES string of the molecule is CS(=O)(=O)N1CCc2cc(C(=O)NC[C@H](c3ccco3)[NH+]3CCCC3)ccc21. The van der Waals surface area contributed by atoms with Crippen molar-refractivity contribution in [1.29, 1.82) is 0 Å². The average Bonchev–Trinajstić information content (AvgIpc) is 3.41. The Hall–Kier alpha value is -2.32. The molecule has 0 spiro atoms. The Labute approximate surface area is 165 Å². The van der Waals surface area contributed by atoms with Crippen LogP contribution < -0.4 is 14.5 Å². The van der Waals surface area contributed by atoms with Crippen molar-refractivity contribution in [2.45, 2.75) is 25.3 Å². The van der Waals surface area contributed by atoms with Crippen molar-refractivity contribution in [1.82, 2.24) is 5.32 Å². The number of benzene rings is 1. The molecule has 2 aromatic rings. The Balaban J connectivity index is 1.46. The van der Waals surface area contributed by atoms with Crippen LogP contribution in [0.15, 0.2) is 41.0 Å². The molecule has 2 aliphatic rings. The van der Waals surface area contributed by atoms with E-state index in [-0.39, 0.29) is 11.9 Å². The summed E-state index contributed by atoms with van der Waals surface area (Å²) in [7, 11) is -3.29. The maximum absolute atomic E-state index is 12.7. The number of hydrogen-bond acceptors (Lipinski definition) is 4. The molecule has 1 aromatic heterocycles. The number of likely N-dealkylation sites (tertiary alicyclic amines) is 1. The number of amides is 1. The minimum absolute atomic E-state index is 0.108. The van der Waals surface area contributed by atoms with Crippen LogP contribution in [0.25, 0.3) is 0 Å². The number of fused-ring (bicyclic) bond motifs is 1. The van der Waals surface area contributed by atoms with Gasteiger partial charge in [0.2, 0.25) is 10.0 Å². The minimum Gasteiger partial charge on any atom is -0.463 e. The molecule has 1 fully saturated rings. The molecule has 2 aliphatic heterocycles. The highest BCUT2D eigenvalue weighted by Gasteiger charge is 2.30. The van der Waals surface area contributed by atoms with Crippen LogP contribution in [-0.4, -0.2) is 46.8 Å². The van der Waals surface area contributed by atoms with Gasteiger partial charge in [0.1, 0.15) is 0 Å². The molecule has 1 aromatic carbocycles. The van der Waals surface area contributed by atoms with E-state index in [4.69, 9.17) is 4.42 Å². The molecule has 0 saturated carbocycles. The van der Waals surface area contributed by atoms with Crippen LogP contribution in [0.1, 0.15) is 40.6 Å². The fraction of sp³-hybridized carbons (Fsp3) is 0.450. The number of carbonyl (C=O) groups is 1. The fourth-order valence-electron chi connectivity index (χ4n) is 4.27. The molecule has 1 atom stereocenters. The number of sulfonamides is 1. The summed E-state index contributed by atoms with van der Waals surface area (Å²) in [6.45, 7) is 3.11. The highest BCUT2D eigenvalue weighted by Crippen LogP contribution is 2.30. The molecule has 7 nitrogen and oxygen atoms in total. The van der Waals surface area contributed by atoms with E-state index in [1.54, 1.807) is 24.5 Å². The average molecular weight is 405 g/mol. The van der Waals surface area contributed by atoms with Gasteiger partial charge in [-0.05, 0) is 42.3 Å². The Bertz CT molecular complexity index is 950. The molecule has 150 valence electrons. The molecule has 1 saturated heterocycles. The Morgan fingerprint density at radius 2 is 2.07 bits per heavy atom. The second-order valence-corrected chi connectivity index (χ2v) is 9.48. The number of nitrogens with zero attached hydrogens (tertiary/aromatic N) is 1. The van der Waals surface area contributed by atoms with E-state index >= 15 is 0 Å². The molecule has 0 unspecified atom stereocenters. The van der Waals surface area contributed by atoms with E-state index < -0.39 is 10.0 Å². The lowest BCUT2D eigenvalue weighted by atomic mass is 10.1. The van der Waals surface area contributed by atoms with Crippen LogP contribution in [0.5, 0.6) is 0 Å². The number of quaternary nitrogens is 1. The lowest BCUT2D eigenvalue weighted by Gasteiger charge is -2.23. The maximum Gasteiger partial charge on any atom is 0.251 e. The van der Waals surface area contributed by atoms with Gasteiger partial charge in [-0.25, -0.2) is 8.42 Å². The predicted molar refractivity (Wildman–Crippen MR) is 106 cm³/mol. The lowest BCUT2D eigenvalue weighted by molar-refractivity contribution is -0.919. The summed E-state index contributed by atoms with van der Waals surface area (Å²) < 4.78 is 30.7. The summed E-state index contributed by atoms with van der Waals surface area (Å²) in [6.07, 6.45) is 5.90. The number of rotatable bonds is 6. The fourth-order valence-corrected chi connectivity index (χ4v) is 5.23. The molecule has 1 amide bonds. The zero-order chi connectivity index (χ0) is 19.7. The van der Waals surface area contributed by atoms with E-state index in [2.05, 4.69) is 5.32 Å². The number of carbonyl (C=O) groups excluding carboxylic acids is 1. The number of furan rings is 1. The van der Waals surface area contributed by atoms with Gasteiger partial charge in [-0.3, -0.25) is 9.10 Å². The summed E-state index contributed by atoms with van der Waals surface area (Å²) >= 11 is 0. The Morgan fingerprint density at radius 1 is 1.29 bits per heavy atom. The molecular weight excluding hydrogens is 378 g/mol. The minimum atomic E-state index is -3.29. The zero-order valence-corrected chi connectivity index (χ0v) is 16.8. The molecule has 2 N–H and O–H groups in total. The third-order valence-corrected chi connectivity index (χ3v) is 6.87. The first-order valence-electron chi connectivity index (χ1n) is 9.70. The first-order valence-corrected chi connectivity index (χ1v) is 11.5. The summed E-state index contributed by atoms with van der Waals surface area (Å²) in [5, 5.41) is 3.05. The second kappa shape index (κ2) is 7.60. The van der Waals surface area contributed by atoms with Crippen molar-refractivity contribution in [3.05, 3.63) is 53.5 Å². The molecule has 0 aliphatic carbocycles. The van der Waals surface area contributed by atoms with Crippen LogP contribution in [0.3, 0.4) is 0 Å². The van der Waals surface area contributed by atoms with Gasteiger partial charge in [0.15, 0.2) is 11.8 Å². The third kappa shape index (κ3) is 3.79. The molecule has 3 heterocycles. The van der Waals surface area contributed by atoms with Crippen LogP contribution in [0.2, 0.25) is 0 Å². The lowest BCUT2D eigenvalue weighted by Crippen LogP contribution is -3.11. The van der Waals surface area contributed by atoms with Crippen molar-refractivity contribution in [3.8, 4) is 0 Å². The Kier molecular flexibility index (Phi) is 5.16. The molecule has 4 rings (SSSR count). The van der Waals surface area contributed by atoms with Crippen molar-refractivity contribution in [2.75, 3.05) is 36.7 Å². The Morgan fingerprint density at radius 3 is 2.75 bits per heavy atom. The number of nitrogens with one attached hydrogen (secondary N) is 2. The van der Waals surface area contributed by atoms with Crippen molar-refractivity contribution >= 4 is 21.6 Å². The summed E-state index contributed by atoms with van der Waals surface area (Å²) in [4.78, 5) is 14.2. The molecular formula is C20H26N3O4S+. The summed E-state index contributed by atoms with van der Waals surface area (Å²) in [5.41, 5.74) is 2.13. The van der Waals surface area contributed by atoms with Crippen LogP contribution >= 0.6 is 0 Å². The van der Waals surface area contributed by atoms with Gasteiger partial charge >= 0.3 is 0 Å². The first-order chi connectivity index (χ1) is 13.4. The predicted octanol–water partition coefficient (Wildman–Crippen LogP) is 0.752. The van der Waals surface area contributed by atoms with Gasteiger partial charge < -0.3 is 14.6 Å². The van der Waals surface area contributed by atoms with Crippen LogP contribution in [0.4, 0.5) is 5.69 Å². The smallest absolute Gasteiger partial charge is 0.251 e. The zero-order valence-electron chi connectivity index (χ0n) is 16.0. The third-order valence-electron chi connectivity index (χ3n) is 5.69. The quantitative estimate of drug-likeness (QED) is 0.744. The highest BCUT2D eigenvalue weighted by molar-refractivity contribution is 7.92. The van der Waals surface area contributed by atoms with E-state index in [1.165, 1.54) is 28.3 Å². The van der Waals surface area contributed by atoms with Gasteiger partial charge in [-0.15, -0.1) is 0 Å². The normalized spacial score (nSPS) is 18.2. The van der Waals surface area contributed by atoms with Gasteiger partial charge in [-0.2, -0.15) is 0 Å². The van der Waals surface area contributed by atoms with Gasteiger partial charge in [0.25, 0.3) is 5.91 Å². The van der Waals surface area contributed by atoms with Crippen molar-refractivity contribution in [3.63, 3.8) is 0 Å². The van der Waals surface area contributed by atoms with Crippen LogP contribution in [-0.2, 0) is 16.4 Å². The van der Waals surface area contributed by atoms with E-state index in [9.17, 15) is 13.2 Å². The topological polar surface area (TPSA) is 84.1 Å². The van der Waals surface area contributed by atoms with Gasteiger partial charge in [-0.1, -0.05) is 0 Å². The maximum atomic E-state index is 12.7. The number of anilines is 1. The number of hydrogen-bond donors (Lipinski definition) is 2. The van der Waals surface area contributed by atoms with E-state index in [0.29, 0.717) is 30.8 Å². The summed E-state index contributed by atoms with van der Waals surface area (Å²) in [6, 6.07) is 9.19. The second-order valence-electron chi connectivity index (χ2n) is 7.57. The molecule has 0 radical (unpaired) electrons. The first kappa shape index (κ1) is 19.0. The van der Waals surface area contributed by atoms with Crippen molar-refractivity contribution in [2.24, 2.45) is 0 Å². The van der Waals surface area contributed by atoms with E-state index in [0.717, 1.165) is 24.4 Å². The van der Waals surface area contributed by atoms with Gasteiger partial charge in [0.05, 0.1) is 37.8 Å². The standard InChI is InChI=1S/C20H25N3O4S/c1-28(25,26)23-11-8-15-13-16(6-7-17(15)23)20(24)21-14-18(19-5-4-12-27-19)22-9-2-3-10-22/h4-7,12-13,18H,2-3,8-11,14H2,1H3,(H,21,24)/p+1/t18-/m1/s1. The molecule has 0 bridgehead atoms. The van der Waals surface area contributed by atoms with Crippen LogP contribution in [0, 0.1) is 0 Å². The highest BCUT2D eigenvalue weighted by atomic mass is 32.2. The van der Waals surface area contributed by atoms with Crippen molar-refractivity contribution < 1.29 is 22.5 Å². The van der Waals surface area contributed by atoms with Gasteiger partial charge in [0, 0.05) is 24.9 Å². The monoisotopic (exact) mass is 404 g/mol. The molecule has 8 heteroatoms. The largest absolute Gasteiger partial charge is 0.463 e. The van der Waals surface area contributed by atoms with E-state index in [1.807, 2.05) is 12.1 Å². The summed E-state index contributed by atoms with van der Waals surface area (Å²) in [5.74, 6) is 0.755. The molecule has 28 heavy (non-hydrogen) atoms.